The van der Waals surface area contributed by atoms with Crippen LogP contribution in [-0.4, -0.2) is 18.5 Å². The highest BCUT2D eigenvalue weighted by molar-refractivity contribution is 5.91. The Labute approximate surface area is 136 Å². The van der Waals surface area contributed by atoms with Crippen LogP contribution in [0.3, 0.4) is 0 Å². The lowest BCUT2D eigenvalue weighted by molar-refractivity contribution is -0.124. The summed E-state index contributed by atoms with van der Waals surface area (Å²) >= 11 is 0. The predicted octanol–water partition coefficient (Wildman–Crippen LogP) is 3.09. The highest BCUT2D eigenvalue weighted by Crippen LogP contribution is 2.09. The SMILES string of the molecule is Cc1cccc(C(=O)OCC(=O)NCc2ccc(C)c(C)c2)c1. The number of benzene rings is 2. The van der Waals surface area contributed by atoms with Crippen molar-refractivity contribution in [3.63, 3.8) is 0 Å². The number of nitrogens with one attached hydrogen (secondary N) is 1. The maximum absolute atomic E-state index is 11.9. The summed E-state index contributed by atoms with van der Waals surface area (Å²) in [4.78, 5) is 23.6. The summed E-state index contributed by atoms with van der Waals surface area (Å²) in [6, 6.07) is 13.1. The van der Waals surface area contributed by atoms with E-state index in [9.17, 15) is 9.59 Å². The molecule has 0 saturated heterocycles. The molecule has 0 radical (unpaired) electrons. The van der Waals surface area contributed by atoms with Crippen LogP contribution in [-0.2, 0) is 16.1 Å². The first-order valence-electron chi connectivity index (χ1n) is 7.52. The van der Waals surface area contributed by atoms with E-state index < -0.39 is 5.97 Å². The van der Waals surface area contributed by atoms with Crippen LogP contribution >= 0.6 is 0 Å². The molecule has 120 valence electrons. The van der Waals surface area contributed by atoms with Gasteiger partial charge in [0.1, 0.15) is 0 Å². The Morgan fingerprint density at radius 1 is 1.00 bits per heavy atom. The van der Waals surface area contributed by atoms with Crippen molar-refractivity contribution < 1.29 is 14.3 Å². The highest BCUT2D eigenvalue weighted by Gasteiger charge is 2.10. The predicted molar refractivity (Wildman–Crippen MR) is 89.2 cm³/mol. The van der Waals surface area contributed by atoms with Crippen molar-refractivity contribution in [2.45, 2.75) is 27.3 Å². The van der Waals surface area contributed by atoms with Crippen molar-refractivity contribution in [1.82, 2.24) is 5.32 Å². The van der Waals surface area contributed by atoms with E-state index in [2.05, 4.69) is 5.32 Å². The van der Waals surface area contributed by atoms with Crippen LogP contribution in [0.1, 0.15) is 32.6 Å². The van der Waals surface area contributed by atoms with Gasteiger partial charge in [-0.05, 0) is 49.6 Å². The second-order valence-electron chi connectivity index (χ2n) is 5.64. The number of hydrogen-bond acceptors (Lipinski definition) is 3. The molecule has 4 heteroatoms. The average molecular weight is 311 g/mol. The average Bonchev–Trinajstić information content (AvgIpc) is 2.53. The van der Waals surface area contributed by atoms with Crippen molar-refractivity contribution in [3.8, 4) is 0 Å². The fraction of sp³-hybridized carbons (Fsp3) is 0.263. The largest absolute Gasteiger partial charge is 0.452 e. The van der Waals surface area contributed by atoms with Crippen LogP contribution in [0.5, 0.6) is 0 Å². The van der Waals surface area contributed by atoms with Crippen LogP contribution in [0.2, 0.25) is 0 Å². The monoisotopic (exact) mass is 311 g/mol. The first kappa shape index (κ1) is 16.7. The first-order chi connectivity index (χ1) is 11.0. The van der Waals surface area contributed by atoms with E-state index in [1.165, 1.54) is 11.1 Å². The molecule has 0 aliphatic heterocycles. The van der Waals surface area contributed by atoms with Gasteiger partial charge < -0.3 is 10.1 Å². The van der Waals surface area contributed by atoms with Gasteiger partial charge in [-0.2, -0.15) is 0 Å². The normalized spacial score (nSPS) is 10.2. The molecule has 4 nitrogen and oxygen atoms in total. The molecule has 0 saturated carbocycles. The van der Waals surface area contributed by atoms with Gasteiger partial charge in [0, 0.05) is 6.54 Å². The van der Waals surface area contributed by atoms with Gasteiger partial charge in [-0.3, -0.25) is 4.79 Å². The molecule has 0 aliphatic rings. The summed E-state index contributed by atoms with van der Waals surface area (Å²) in [5.41, 5.74) is 4.84. The van der Waals surface area contributed by atoms with Crippen LogP contribution < -0.4 is 5.32 Å². The summed E-state index contributed by atoms with van der Waals surface area (Å²) in [6.07, 6.45) is 0. The van der Waals surface area contributed by atoms with Crippen LogP contribution in [0.15, 0.2) is 42.5 Å². The number of carbonyl (C=O) groups excluding carboxylic acids is 2. The molecule has 1 N–H and O–H groups in total. The molecule has 1 amide bonds. The summed E-state index contributed by atoms with van der Waals surface area (Å²) in [5.74, 6) is -0.806. The van der Waals surface area contributed by atoms with Gasteiger partial charge in [-0.1, -0.05) is 35.9 Å². The molecule has 2 aromatic carbocycles. The standard InChI is InChI=1S/C19H21NO3/c1-13-5-4-6-17(9-13)19(22)23-12-18(21)20-11-16-8-7-14(2)15(3)10-16/h4-10H,11-12H2,1-3H3,(H,20,21). The fourth-order valence-electron chi connectivity index (χ4n) is 2.15. The minimum Gasteiger partial charge on any atom is -0.452 e. The van der Waals surface area contributed by atoms with E-state index in [0.29, 0.717) is 12.1 Å². The summed E-state index contributed by atoms with van der Waals surface area (Å²) in [5, 5.41) is 2.75. The van der Waals surface area contributed by atoms with Gasteiger partial charge >= 0.3 is 5.97 Å². The fourth-order valence-corrected chi connectivity index (χ4v) is 2.15. The minimum absolute atomic E-state index is 0.280. The van der Waals surface area contributed by atoms with E-state index in [-0.39, 0.29) is 12.5 Å². The number of ether oxygens (including phenoxy) is 1. The third-order valence-electron chi connectivity index (χ3n) is 3.65. The molecule has 2 rings (SSSR count). The molecule has 0 heterocycles. The van der Waals surface area contributed by atoms with E-state index >= 15 is 0 Å². The molecule has 0 aliphatic carbocycles. The molecule has 2 aromatic rings. The molecule has 0 atom stereocenters. The molecule has 0 fully saturated rings. The van der Waals surface area contributed by atoms with E-state index in [4.69, 9.17) is 4.74 Å². The van der Waals surface area contributed by atoms with Crippen LogP contribution in [0.25, 0.3) is 0 Å². The Hall–Kier alpha value is -2.62. The molecule has 0 unspecified atom stereocenters. The minimum atomic E-state index is -0.491. The quantitative estimate of drug-likeness (QED) is 0.863. The summed E-state index contributed by atoms with van der Waals surface area (Å²) in [7, 11) is 0. The van der Waals surface area contributed by atoms with Gasteiger partial charge in [-0.15, -0.1) is 0 Å². The molecule has 0 bridgehead atoms. The Balaban J connectivity index is 1.81. The van der Waals surface area contributed by atoms with Crippen molar-refractivity contribution in [1.29, 1.82) is 0 Å². The molecular formula is C19H21NO3. The first-order valence-corrected chi connectivity index (χ1v) is 7.52. The Bertz CT molecular complexity index is 722. The smallest absolute Gasteiger partial charge is 0.338 e. The van der Waals surface area contributed by atoms with Gasteiger partial charge in [0.15, 0.2) is 6.61 Å². The lowest BCUT2D eigenvalue weighted by Gasteiger charge is -2.08. The van der Waals surface area contributed by atoms with E-state index in [1.807, 2.05) is 45.0 Å². The third-order valence-corrected chi connectivity index (χ3v) is 3.65. The number of hydrogen-bond donors (Lipinski definition) is 1. The second-order valence-corrected chi connectivity index (χ2v) is 5.64. The highest BCUT2D eigenvalue weighted by atomic mass is 16.5. The van der Waals surface area contributed by atoms with E-state index in [0.717, 1.165) is 11.1 Å². The number of aryl methyl sites for hydroxylation is 3. The summed E-state index contributed by atoms with van der Waals surface area (Å²) < 4.78 is 5.03. The maximum Gasteiger partial charge on any atom is 0.338 e. The Kier molecular flexibility index (Phi) is 5.52. The zero-order valence-corrected chi connectivity index (χ0v) is 13.7. The maximum atomic E-state index is 11.9. The van der Waals surface area contributed by atoms with Gasteiger partial charge in [0.25, 0.3) is 5.91 Å². The zero-order valence-electron chi connectivity index (χ0n) is 13.7. The topological polar surface area (TPSA) is 55.4 Å². The number of rotatable bonds is 5. The van der Waals surface area contributed by atoms with Gasteiger partial charge in [0.05, 0.1) is 5.56 Å². The number of carbonyl (C=O) groups is 2. The van der Waals surface area contributed by atoms with E-state index in [1.54, 1.807) is 18.2 Å². The van der Waals surface area contributed by atoms with Gasteiger partial charge in [-0.25, -0.2) is 4.79 Å². The number of amides is 1. The summed E-state index contributed by atoms with van der Waals surface area (Å²) in [6.45, 7) is 6.11. The lowest BCUT2D eigenvalue weighted by Crippen LogP contribution is -2.28. The van der Waals surface area contributed by atoms with Crippen molar-refractivity contribution in [2.24, 2.45) is 0 Å². The lowest BCUT2D eigenvalue weighted by atomic mass is 10.1. The van der Waals surface area contributed by atoms with Crippen molar-refractivity contribution >= 4 is 11.9 Å². The molecular weight excluding hydrogens is 290 g/mol. The van der Waals surface area contributed by atoms with Gasteiger partial charge in [0.2, 0.25) is 0 Å². The Morgan fingerprint density at radius 2 is 1.78 bits per heavy atom. The number of esters is 1. The molecule has 0 aromatic heterocycles. The molecule has 23 heavy (non-hydrogen) atoms. The zero-order chi connectivity index (χ0) is 16.8. The van der Waals surface area contributed by atoms with Crippen molar-refractivity contribution in [3.05, 3.63) is 70.3 Å². The molecule has 0 spiro atoms. The third kappa shape index (κ3) is 4.95. The van der Waals surface area contributed by atoms with Crippen LogP contribution in [0.4, 0.5) is 0 Å². The van der Waals surface area contributed by atoms with Crippen LogP contribution in [0, 0.1) is 20.8 Å². The second kappa shape index (κ2) is 7.58. The van der Waals surface area contributed by atoms with Crippen molar-refractivity contribution in [2.75, 3.05) is 6.61 Å². The Morgan fingerprint density at radius 3 is 2.48 bits per heavy atom.